The second-order valence-corrected chi connectivity index (χ2v) is 9.64. The molecule has 1 aliphatic heterocycles. The van der Waals surface area contributed by atoms with Crippen LogP contribution in [-0.4, -0.2) is 55.7 Å². The molecule has 0 N–H and O–H groups in total. The largest absolute Gasteiger partial charge is 1.00 e. The van der Waals surface area contributed by atoms with Crippen LogP contribution in [0.1, 0.15) is 33.7 Å². The Kier molecular flexibility index (Phi) is 9.13. The van der Waals surface area contributed by atoms with Gasteiger partial charge in [-0.2, -0.15) is 0 Å². The Balaban J connectivity index is 0.00000336. The van der Waals surface area contributed by atoms with Crippen molar-refractivity contribution in [1.82, 2.24) is 9.80 Å². The molecule has 0 unspecified atom stereocenters. The van der Waals surface area contributed by atoms with Gasteiger partial charge in [0.1, 0.15) is 6.61 Å². The summed E-state index contributed by atoms with van der Waals surface area (Å²) in [5.41, 5.74) is 5.04. The minimum absolute atomic E-state index is 0. The van der Waals surface area contributed by atoms with Gasteiger partial charge in [-0.3, -0.25) is 4.90 Å². The van der Waals surface area contributed by atoms with Crippen LogP contribution >= 0.6 is 0 Å². The quantitative estimate of drug-likeness (QED) is 0.366. The summed E-state index contributed by atoms with van der Waals surface area (Å²) < 4.78 is 46.4. The van der Waals surface area contributed by atoms with Crippen molar-refractivity contribution in [3.05, 3.63) is 88.5 Å². The number of benzene rings is 3. The maximum Gasteiger partial charge on any atom is 1.00 e. The van der Waals surface area contributed by atoms with Gasteiger partial charge in [0.15, 0.2) is 0 Å². The van der Waals surface area contributed by atoms with E-state index in [9.17, 15) is 17.7 Å². The first-order valence-corrected chi connectivity index (χ1v) is 12.4. The minimum Gasteiger partial charge on any atom is -0.448 e. The van der Waals surface area contributed by atoms with Crippen LogP contribution in [0.25, 0.3) is 11.1 Å². The summed E-state index contributed by atoms with van der Waals surface area (Å²) in [5, 5.41) is 0. The number of terminal acetylenes is 1. The normalized spacial score (nSPS) is 15.3. The first-order chi connectivity index (χ1) is 17.8. The van der Waals surface area contributed by atoms with Gasteiger partial charge >= 0.3 is 64.5 Å². The van der Waals surface area contributed by atoms with E-state index in [0.717, 1.165) is 17.2 Å². The Hall–Kier alpha value is -2.06. The summed E-state index contributed by atoms with van der Waals surface area (Å²) in [7, 11) is 0. The van der Waals surface area contributed by atoms with Gasteiger partial charge in [-0.15, -0.1) is 11.9 Å². The maximum atomic E-state index is 13.5. The molecule has 3 aromatic carbocycles. The van der Waals surface area contributed by atoms with Crippen LogP contribution in [-0.2, 0) is 11.3 Å². The molecule has 2 aliphatic rings. The molecule has 3 aromatic rings. The van der Waals surface area contributed by atoms with E-state index >= 15 is 0 Å². The van der Waals surface area contributed by atoms with Crippen molar-refractivity contribution in [3.63, 3.8) is 0 Å². The fraction of sp³-hybridized carbons (Fsp3) is 0.276. The number of halogens is 3. The number of rotatable bonds is 5. The van der Waals surface area contributed by atoms with E-state index in [1.807, 2.05) is 29.2 Å². The van der Waals surface area contributed by atoms with E-state index in [1.165, 1.54) is 18.1 Å². The molecule has 1 fully saturated rings. The van der Waals surface area contributed by atoms with Crippen molar-refractivity contribution in [1.29, 1.82) is 0 Å². The van der Waals surface area contributed by atoms with E-state index in [2.05, 4.69) is 30.2 Å². The first-order valence-electron chi connectivity index (χ1n) is 12.4. The molecule has 4 nitrogen and oxygen atoms in total. The molecule has 38 heavy (non-hydrogen) atoms. The van der Waals surface area contributed by atoms with Gasteiger partial charge in [-0.25, -0.2) is 4.79 Å². The van der Waals surface area contributed by atoms with Crippen molar-refractivity contribution in [2.75, 3.05) is 32.8 Å². The molecule has 1 saturated heterocycles. The van der Waals surface area contributed by atoms with Crippen LogP contribution in [0.15, 0.2) is 60.7 Å². The number of hydrogen-bond donors (Lipinski definition) is 0. The second kappa shape index (κ2) is 12.0. The van der Waals surface area contributed by atoms with Crippen molar-refractivity contribution >= 4 is 18.5 Å². The monoisotopic (exact) mass is 542 g/mol. The number of carbonyl (C=O) groups is 1. The molecule has 190 valence electrons. The summed E-state index contributed by atoms with van der Waals surface area (Å²) in [6, 6.07) is 19.1. The van der Waals surface area contributed by atoms with Crippen molar-refractivity contribution in [2.24, 2.45) is 0 Å². The zero-order chi connectivity index (χ0) is 26.2. The zero-order valence-corrected chi connectivity index (χ0v) is 24.7. The predicted molar refractivity (Wildman–Crippen MR) is 140 cm³/mol. The topological polar surface area (TPSA) is 32.8 Å². The Bertz CT molecular complexity index is 1340. The number of piperazine rings is 1. The molecule has 1 amide bonds. The maximum absolute atomic E-state index is 13.5. The van der Waals surface area contributed by atoms with E-state index in [4.69, 9.17) is 11.2 Å². The number of nitrogens with zero attached hydrogens (tertiary/aromatic N) is 2. The minimum atomic E-state index is -5.15. The zero-order valence-electron chi connectivity index (χ0n) is 21.6. The third-order valence-corrected chi connectivity index (χ3v) is 7.44. The SMILES string of the molecule is C#Cc1cc(CN2CCN(C(=O)OCC3c4ccccc4-c4ccccc43)CC2)c(C)c([B-](F)(F)F)c1.[K+]. The molecule has 0 saturated carbocycles. The Morgan fingerprint density at radius 2 is 1.58 bits per heavy atom. The average Bonchev–Trinajstić information content (AvgIpc) is 3.22. The van der Waals surface area contributed by atoms with Crippen LogP contribution in [0.5, 0.6) is 0 Å². The number of amides is 1. The molecule has 1 aliphatic carbocycles. The fourth-order valence-corrected chi connectivity index (χ4v) is 5.40. The van der Waals surface area contributed by atoms with Crippen molar-refractivity contribution in [2.45, 2.75) is 19.4 Å². The van der Waals surface area contributed by atoms with E-state index in [-0.39, 0.29) is 81.1 Å². The number of ether oxygens (including phenoxy) is 1. The number of hydrogen-bond acceptors (Lipinski definition) is 3. The van der Waals surface area contributed by atoms with Gasteiger partial charge in [-0.1, -0.05) is 66.1 Å². The van der Waals surface area contributed by atoms with Crippen LogP contribution in [0.2, 0.25) is 0 Å². The summed E-state index contributed by atoms with van der Waals surface area (Å²) >= 11 is 0. The molecule has 0 spiro atoms. The second-order valence-electron chi connectivity index (χ2n) is 9.64. The summed E-state index contributed by atoms with van der Waals surface area (Å²) in [6.07, 6.45) is 5.04. The third-order valence-electron chi connectivity index (χ3n) is 7.44. The van der Waals surface area contributed by atoms with Crippen LogP contribution in [0, 0.1) is 19.3 Å². The molecule has 1 heterocycles. The molecule has 0 aromatic heterocycles. The summed E-state index contributed by atoms with van der Waals surface area (Å²) in [6.45, 7) is -1.09. The van der Waals surface area contributed by atoms with Gasteiger partial charge in [-0.05, 0) is 40.8 Å². The predicted octanol–water partition coefficient (Wildman–Crippen LogP) is 2.10. The van der Waals surface area contributed by atoms with Gasteiger partial charge < -0.3 is 22.6 Å². The van der Waals surface area contributed by atoms with E-state index < -0.39 is 12.4 Å². The Morgan fingerprint density at radius 1 is 1.00 bits per heavy atom. The third kappa shape index (κ3) is 5.91. The molecule has 0 radical (unpaired) electrons. The Morgan fingerprint density at radius 3 is 2.13 bits per heavy atom. The molecule has 0 bridgehead atoms. The summed E-state index contributed by atoms with van der Waals surface area (Å²) in [5.74, 6) is 2.33. The van der Waals surface area contributed by atoms with Crippen LogP contribution in [0.4, 0.5) is 17.7 Å². The number of carbonyl (C=O) groups excluding carboxylic acids is 1. The molecule has 0 atom stereocenters. The standard InChI is InChI=1S/C29H27BF3N2O2.K/c1-3-21-16-22(20(2)28(17-21)30(31,32)33)18-34-12-14-35(15-13-34)29(36)37-19-27-25-10-6-4-8-23(25)24-9-5-7-11-26(24)27;/h1,4-11,16-17,27H,12-15,18-19H2,2H3;/q-1;+1. The fourth-order valence-electron chi connectivity index (χ4n) is 5.40. The van der Waals surface area contributed by atoms with Crippen LogP contribution < -0.4 is 56.8 Å². The van der Waals surface area contributed by atoms with Gasteiger partial charge in [0.2, 0.25) is 0 Å². The summed E-state index contributed by atoms with van der Waals surface area (Å²) in [4.78, 5) is 16.6. The van der Waals surface area contributed by atoms with E-state index in [1.54, 1.807) is 11.0 Å². The van der Waals surface area contributed by atoms with Gasteiger partial charge in [0.25, 0.3) is 0 Å². The molecular formula is C29H27BF3KN2O2. The first kappa shape index (κ1) is 28.9. The van der Waals surface area contributed by atoms with E-state index in [0.29, 0.717) is 38.3 Å². The smallest absolute Gasteiger partial charge is 0.448 e. The number of fused-ring (bicyclic) bond motifs is 3. The van der Waals surface area contributed by atoms with Gasteiger partial charge in [0, 0.05) is 44.2 Å². The Labute approximate surface area is 264 Å². The van der Waals surface area contributed by atoms with Crippen molar-refractivity contribution < 1.29 is 73.9 Å². The van der Waals surface area contributed by atoms with Crippen LogP contribution in [0.3, 0.4) is 0 Å². The molecular weight excluding hydrogens is 515 g/mol. The molecule has 5 rings (SSSR count). The van der Waals surface area contributed by atoms with Gasteiger partial charge in [0.05, 0.1) is 0 Å². The molecule has 9 heteroatoms. The van der Waals surface area contributed by atoms with Crippen molar-refractivity contribution in [3.8, 4) is 23.5 Å². The average molecular weight is 542 g/mol.